The van der Waals surface area contributed by atoms with Crippen molar-refractivity contribution in [3.8, 4) is 0 Å². The highest BCUT2D eigenvalue weighted by molar-refractivity contribution is 8.00. The van der Waals surface area contributed by atoms with Crippen molar-refractivity contribution in [2.24, 2.45) is 0 Å². The van der Waals surface area contributed by atoms with Gasteiger partial charge in [-0.15, -0.1) is 11.8 Å². The SMILES string of the molecule is OC(Cc1cccc(F)c1Cl)C1Cc2ccccc2S1. The molecule has 104 valence electrons. The highest BCUT2D eigenvalue weighted by atomic mass is 35.5. The zero-order chi connectivity index (χ0) is 14.1. The number of hydrogen-bond donors (Lipinski definition) is 1. The van der Waals surface area contributed by atoms with E-state index in [-0.39, 0.29) is 10.3 Å². The molecule has 1 aliphatic heterocycles. The summed E-state index contributed by atoms with van der Waals surface area (Å²) in [6, 6.07) is 12.9. The molecule has 2 atom stereocenters. The molecule has 2 aromatic rings. The quantitative estimate of drug-likeness (QED) is 0.921. The Hall–Kier alpha value is -1.03. The molecule has 2 aromatic carbocycles. The first kappa shape index (κ1) is 13.9. The topological polar surface area (TPSA) is 20.2 Å². The van der Waals surface area contributed by atoms with Crippen molar-refractivity contribution in [3.63, 3.8) is 0 Å². The molecule has 0 aromatic heterocycles. The molecule has 0 fully saturated rings. The van der Waals surface area contributed by atoms with E-state index >= 15 is 0 Å². The van der Waals surface area contributed by atoms with Crippen molar-refractivity contribution >= 4 is 23.4 Å². The fraction of sp³-hybridized carbons (Fsp3) is 0.250. The third-order valence-corrected chi connectivity index (χ3v) is 5.42. The maximum Gasteiger partial charge on any atom is 0.142 e. The van der Waals surface area contributed by atoms with Gasteiger partial charge in [-0.05, 0) is 29.7 Å². The van der Waals surface area contributed by atoms with Crippen LogP contribution in [-0.2, 0) is 12.8 Å². The van der Waals surface area contributed by atoms with Gasteiger partial charge in [0.05, 0.1) is 11.1 Å². The monoisotopic (exact) mass is 308 g/mol. The van der Waals surface area contributed by atoms with E-state index in [9.17, 15) is 9.50 Å². The Morgan fingerprint density at radius 1 is 1.25 bits per heavy atom. The van der Waals surface area contributed by atoms with E-state index in [0.717, 1.165) is 6.42 Å². The highest BCUT2D eigenvalue weighted by Gasteiger charge is 2.28. The molecule has 1 nitrogen and oxygen atoms in total. The van der Waals surface area contributed by atoms with Crippen LogP contribution in [0, 0.1) is 5.82 Å². The molecule has 0 radical (unpaired) electrons. The maximum atomic E-state index is 13.4. The average Bonchev–Trinajstić information content (AvgIpc) is 2.88. The molecule has 1 heterocycles. The summed E-state index contributed by atoms with van der Waals surface area (Å²) in [7, 11) is 0. The van der Waals surface area contributed by atoms with E-state index in [4.69, 9.17) is 11.6 Å². The first-order chi connectivity index (χ1) is 9.65. The molecule has 0 saturated carbocycles. The maximum absolute atomic E-state index is 13.4. The lowest BCUT2D eigenvalue weighted by Gasteiger charge is -2.17. The van der Waals surface area contributed by atoms with E-state index in [0.29, 0.717) is 12.0 Å². The predicted molar refractivity (Wildman–Crippen MR) is 80.9 cm³/mol. The molecule has 0 bridgehead atoms. The standard InChI is InChI=1S/C16H14ClFOS/c17-16-11(5-3-6-12(16)18)8-13(19)15-9-10-4-1-2-7-14(10)20-15/h1-7,13,15,19H,8-9H2. The van der Waals surface area contributed by atoms with Crippen molar-refractivity contribution < 1.29 is 9.50 Å². The number of benzene rings is 2. The van der Waals surface area contributed by atoms with Crippen molar-refractivity contribution in [2.45, 2.75) is 29.1 Å². The molecular formula is C16H14ClFOS. The normalized spacial score (nSPS) is 18.9. The third kappa shape index (κ3) is 2.71. The fourth-order valence-corrected chi connectivity index (χ4v) is 3.99. The molecule has 0 aliphatic carbocycles. The summed E-state index contributed by atoms with van der Waals surface area (Å²) >= 11 is 7.63. The second-order valence-electron chi connectivity index (χ2n) is 4.95. The summed E-state index contributed by atoms with van der Waals surface area (Å²) in [5, 5.41) is 10.6. The lowest BCUT2D eigenvalue weighted by molar-refractivity contribution is 0.172. The zero-order valence-electron chi connectivity index (χ0n) is 10.7. The van der Waals surface area contributed by atoms with Gasteiger partial charge in [0.2, 0.25) is 0 Å². The number of fused-ring (bicyclic) bond motifs is 1. The van der Waals surface area contributed by atoms with Gasteiger partial charge in [-0.3, -0.25) is 0 Å². The van der Waals surface area contributed by atoms with Crippen molar-refractivity contribution in [1.82, 2.24) is 0 Å². The summed E-state index contributed by atoms with van der Waals surface area (Å²) in [5.41, 5.74) is 1.93. The summed E-state index contributed by atoms with van der Waals surface area (Å²) in [6.45, 7) is 0. The number of thioether (sulfide) groups is 1. The van der Waals surface area contributed by atoms with Crippen LogP contribution < -0.4 is 0 Å². The fourth-order valence-electron chi connectivity index (χ4n) is 2.49. The Morgan fingerprint density at radius 2 is 2.05 bits per heavy atom. The Labute approximate surface area is 126 Å². The van der Waals surface area contributed by atoms with Gasteiger partial charge in [0.25, 0.3) is 0 Å². The molecule has 3 rings (SSSR count). The molecule has 20 heavy (non-hydrogen) atoms. The largest absolute Gasteiger partial charge is 0.392 e. The van der Waals surface area contributed by atoms with Crippen LogP contribution in [0.3, 0.4) is 0 Å². The van der Waals surface area contributed by atoms with Crippen LogP contribution in [0.2, 0.25) is 5.02 Å². The van der Waals surface area contributed by atoms with E-state index < -0.39 is 11.9 Å². The van der Waals surface area contributed by atoms with Crippen LogP contribution in [0.4, 0.5) is 4.39 Å². The van der Waals surface area contributed by atoms with Crippen LogP contribution in [0.15, 0.2) is 47.4 Å². The number of aliphatic hydroxyl groups is 1. The lowest BCUT2D eigenvalue weighted by Crippen LogP contribution is -2.25. The summed E-state index contributed by atoms with van der Waals surface area (Å²) in [6.07, 6.45) is 0.684. The summed E-state index contributed by atoms with van der Waals surface area (Å²) in [4.78, 5) is 1.22. The van der Waals surface area contributed by atoms with Gasteiger partial charge >= 0.3 is 0 Å². The van der Waals surface area contributed by atoms with E-state index in [1.165, 1.54) is 16.5 Å². The van der Waals surface area contributed by atoms with Gasteiger partial charge in [0.15, 0.2) is 0 Å². The van der Waals surface area contributed by atoms with Crippen molar-refractivity contribution in [3.05, 3.63) is 64.4 Å². The first-order valence-electron chi connectivity index (χ1n) is 6.50. The number of rotatable bonds is 3. The smallest absolute Gasteiger partial charge is 0.142 e. The Morgan fingerprint density at radius 3 is 2.85 bits per heavy atom. The second kappa shape index (κ2) is 5.76. The predicted octanol–water partition coefficient (Wildman–Crippen LogP) is 4.10. The molecule has 1 aliphatic rings. The molecule has 4 heteroatoms. The van der Waals surface area contributed by atoms with Crippen LogP contribution >= 0.6 is 23.4 Å². The van der Waals surface area contributed by atoms with Gasteiger partial charge < -0.3 is 5.11 Å². The molecule has 2 unspecified atom stereocenters. The third-order valence-electron chi connectivity index (χ3n) is 3.56. The number of hydrogen-bond acceptors (Lipinski definition) is 2. The van der Waals surface area contributed by atoms with Crippen molar-refractivity contribution in [1.29, 1.82) is 0 Å². The van der Waals surface area contributed by atoms with Crippen LogP contribution in [0.25, 0.3) is 0 Å². The number of halogens is 2. The highest BCUT2D eigenvalue weighted by Crippen LogP contribution is 2.39. The molecule has 0 saturated heterocycles. The number of aliphatic hydroxyl groups excluding tert-OH is 1. The Bertz CT molecular complexity index is 607. The van der Waals surface area contributed by atoms with E-state index in [1.807, 2.05) is 12.1 Å². The Kier molecular flexibility index (Phi) is 4.01. The van der Waals surface area contributed by atoms with Gasteiger partial charge in [0, 0.05) is 16.6 Å². The van der Waals surface area contributed by atoms with Crippen LogP contribution in [0.5, 0.6) is 0 Å². The van der Waals surface area contributed by atoms with E-state index in [2.05, 4.69) is 12.1 Å². The van der Waals surface area contributed by atoms with Gasteiger partial charge in [-0.2, -0.15) is 0 Å². The Balaban J connectivity index is 1.72. The average molecular weight is 309 g/mol. The summed E-state index contributed by atoms with van der Waals surface area (Å²) in [5.74, 6) is -0.432. The first-order valence-corrected chi connectivity index (χ1v) is 7.76. The molecular weight excluding hydrogens is 295 g/mol. The molecule has 0 amide bonds. The lowest BCUT2D eigenvalue weighted by atomic mass is 10.0. The molecule has 0 spiro atoms. The minimum absolute atomic E-state index is 0.103. The second-order valence-corrected chi connectivity index (χ2v) is 6.61. The molecule has 1 N–H and O–H groups in total. The zero-order valence-corrected chi connectivity index (χ0v) is 12.3. The van der Waals surface area contributed by atoms with E-state index in [1.54, 1.807) is 23.9 Å². The van der Waals surface area contributed by atoms with Gasteiger partial charge in [-0.1, -0.05) is 41.9 Å². The van der Waals surface area contributed by atoms with Crippen LogP contribution in [0.1, 0.15) is 11.1 Å². The van der Waals surface area contributed by atoms with Gasteiger partial charge in [-0.25, -0.2) is 4.39 Å². The van der Waals surface area contributed by atoms with Gasteiger partial charge in [0.1, 0.15) is 5.82 Å². The van der Waals surface area contributed by atoms with Crippen molar-refractivity contribution in [2.75, 3.05) is 0 Å². The summed E-state index contributed by atoms with van der Waals surface area (Å²) < 4.78 is 13.4. The van der Waals surface area contributed by atoms with Crippen LogP contribution in [-0.4, -0.2) is 16.5 Å². The minimum atomic E-state index is -0.535. The minimum Gasteiger partial charge on any atom is -0.392 e.